The average Bonchev–Trinajstić information content (AvgIpc) is 2.69. The summed E-state index contributed by atoms with van der Waals surface area (Å²) in [6.07, 6.45) is 1.65. The third-order valence-corrected chi connectivity index (χ3v) is 4.16. The van der Waals surface area contributed by atoms with Gasteiger partial charge in [-0.05, 0) is 30.2 Å². The van der Waals surface area contributed by atoms with Gasteiger partial charge in [-0.3, -0.25) is 4.98 Å². The van der Waals surface area contributed by atoms with Gasteiger partial charge in [0.15, 0.2) is 11.6 Å². The number of benzene rings is 1. The molecule has 1 atom stereocenters. The van der Waals surface area contributed by atoms with E-state index in [0.29, 0.717) is 28.8 Å². The summed E-state index contributed by atoms with van der Waals surface area (Å²) >= 11 is 0. The van der Waals surface area contributed by atoms with Crippen LogP contribution >= 0.6 is 0 Å². The zero-order chi connectivity index (χ0) is 20.1. The van der Waals surface area contributed by atoms with Gasteiger partial charge in [0.2, 0.25) is 5.95 Å². The summed E-state index contributed by atoms with van der Waals surface area (Å²) in [5.41, 5.74) is 1.52. The van der Waals surface area contributed by atoms with E-state index in [-0.39, 0.29) is 18.6 Å². The fourth-order valence-corrected chi connectivity index (χ4v) is 2.53. The van der Waals surface area contributed by atoms with Crippen LogP contribution in [0.2, 0.25) is 0 Å². The van der Waals surface area contributed by atoms with Crippen molar-refractivity contribution >= 4 is 17.5 Å². The molecular weight excluding hydrogens is 364 g/mol. The maximum Gasteiger partial charge on any atom is 0.225 e. The molecule has 0 saturated carbocycles. The largest absolute Gasteiger partial charge is 0.394 e. The lowest BCUT2D eigenvalue weighted by atomic mass is 10.1. The summed E-state index contributed by atoms with van der Waals surface area (Å²) in [7, 11) is 0. The van der Waals surface area contributed by atoms with Crippen LogP contribution in [0, 0.1) is 17.6 Å². The third kappa shape index (κ3) is 4.77. The number of aromatic nitrogens is 3. The van der Waals surface area contributed by atoms with E-state index in [0.717, 1.165) is 12.1 Å². The van der Waals surface area contributed by atoms with Crippen LogP contribution in [-0.4, -0.2) is 32.7 Å². The fraction of sp³-hybridized carbons (Fsp3) is 0.250. The second kappa shape index (κ2) is 8.71. The maximum atomic E-state index is 13.5. The Morgan fingerprint density at radius 1 is 1.00 bits per heavy atom. The molecule has 8 heteroatoms. The molecule has 3 N–H and O–H groups in total. The Hall–Kier alpha value is -3.13. The van der Waals surface area contributed by atoms with E-state index in [2.05, 4.69) is 25.6 Å². The van der Waals surface area contributed by atoms with Gasteiger partial charge >= 0.3 is 0 Å². The van der Waals surface area contributed by atoms with Gasteiger partial charge in [-0.25, -0.2) is 13.8 Å². The topological polar surface area (TPSA) is 83.0 Å². The molecule has 1 aromatic carbocycles. The van der Waals surface area contributed by atoms with E-state index < -0.39 is 11.6 Å². The summed E-state index contributed by atoms with van der Waals surface area (Å²) < 4.78 is 26.7. The molecule has 2 heterocycles. The van der Waals surface area contributed by atoms with Crippen molar-refractivity contribution in [3.63, 3.8) is 0 Å². The number of hydrogen-bond acceptors (Lipinski definition) is 6. The summed E-state index contributed by atoms with van der Waals surface area (Å²) in [4.78, 5) is 13.2. The lowest BCUT2D eigenvalue weighted by Gasteiger charge is -2.20. The van der Waals surface area contributed by atoms with Crippen molar-refractivity contribution in [2.45, 2.75) is 19.9 Å². The van der Waals surface area contributed by atoms with Crippen molar-refractivity contribution in [1.82, 2.24) is 15.0 Å². The summed E-state index contributed by atoms with van der Waals surface area (Å²) in [5.74, 6) is -1.06. The normalized spacial score (nSPS) is 12.1. The maximum absolute atomic E-state index is 13.5. The Balaban J connectivity index is 1.97. The van der Waals surface area contributed by atoms with Crippen LogP contribution in [0.15, 0.2) is 48.7 Å². The van der Waals surface area contributed by atoms with Crippen molar-refractivity contribution in [3.8, 4) is 11.4 Å². The van der Waals surface area contributed by atoms with Gasteiger partial charge in [0.25, 0.3) is 0 Å². The van der Waals surface area contributed by atoms with Crippen LogP contribution in [-0.2, 0) is 0 Å². The molecule has 6 nitrogen and oxygen atoms in total. The van der Waals surface area contributed by atoms with Crippen LogP contribution in [0.1, 0.15) is 13.8 Å². The Bertz CT molecular complexity index is 937. The predicted molar refractivity (Wildman–Crippen MR) is 104 cm³/mol. The first-order chi connectivity index (χ1) is 13.5. The second-order valence-corrected chi connectivity index (χ2v) is 6.61. The number of rotatable bonds is 7. The van der Waals surface area contributed by atoms with Crippen LogP contribution in [0.3, 0.4) is 0 Å². The zero-order valence-corrected chi connectivity index (χ0v) is 15.5. The Kier molecular flexibility index (Phi) is 6.10. The lowest BCUT2D eigenvalue weighted by molar-refractivity contribution is 0.248. The average molecular weight is 385 g/mol. The molecule has 0 bridgehead atoms. The van der Waals surface area contributed by atoms with Gasteiger partial charge in [-0.15, -0.1) is 0 Å². The number of aliphatic hydroxyl groups excluding tert-OH is 1. The smallest absolute Gasteiger partial charge is 0.225 e. The number of pyridine rings is 1. The Labute approximate surface area is 161 Å². The van der Waals surface area contributed by atoms with Gasteiger partial charge in [-0.1, -0.05) is 19.9 Å². The van der Waals surface area contributed by atoms with Crippen molar-refractivity contribution in [2.24, 2.45) is 5.92 Å². The Morgan fingerprint density at radius 3 is 2.46 bits per heavy atom. The van der Waals surface area contributed by atoms with Crippen LogP contribution in [0.5, 0.6) is 0 Å². The first-order valence-corrected chi connectivity index (χ1v) is 8.86. The number of aliphatic hydroxyl groups is 1. The molecule has 0 unspecified atom stereocenters. The van der Waals surface area contributed by atoms with E-state index >= 15 is 0 Å². The lowest BCUT2D eigenvalue weighted by Crippen LogP contribution is -2.30. The molecule has 28 heavy (non-hydrogen) atoms. The van der Waals surface area contributed by atoms with E-state index in [1.165, 1.54) is 6.07 Å². The molecule has 0 aliphatic carbocycles. The molecule has 0 amide bonds. The number of halogens is 2. The van der Waals surface area contributed by atoms with Gasteiger partial charge < -0.3 is 15.7 Å². The highest BCUT2D eigenvalue weighted by molar-refractivity contribution is 5.65. The van der Waals surface area contributed by atoms with Crippen LogP contribution in [0.25, 0.3) is 11.4 Å². The molecule has 0 aliphatic rings. The van der Waals surface area contributed by atoms with Crippen LogP contribution in [0.4, 0.5) is 26.2 Å². The molecule has 0 fully saturated rings. The first kappa shape index (κ1) is 19.6. The zero-order valence-electron chi connectivity index (χ0n) is 15.5. The van der Waals surface area contributed by atoms with Gasteiger partial charge in [0, 0.05) is 24.0 Å². The van der Waals surface area contributed by atoms with E-state index in [9.17, 15) is 13.9 Å². The van der Waals surface area contributed by atoms with Gasteiger partial charge in [0.1, 0.15) is 5.82 Å². The molecule has 3 rings (SSSR count). The molecule has 3 aromatic rings. The summed E-state index contributed by atoms with van der Waals surface area (Å²) in [5, 5.41) is 15.6. The molecular formula is C20H21F2N5O. The quantitative estimate of drug-likeness (QED) is 0.570. The minimum absolute atomic E-state index is 0.0826. The third-order valence-electron chi connectivity index (χ3n) is 4.16. The molecule has 0 spiro atoms. The van der Waals surface area contributed by atoms with E-state index in [4.69, 9.17) is 0 Å². The van der Waals surface area contributed by atoms with Crippen LogP contribution < -0.4 is 10.6 Å². The minimum Gasteiger partial charge on any atom is -0.394 e. The standard InChI is InChI=1S/C20H21F2N5O/c1-12(2)18(11-28)26-20-25-17(16-5-3-4-8-23-16)10-19(27-20)24-13-6-7-14(21)15(22)9-13/h3-10,12,18,28H,11H2,1-2H3,(H2,24,25,26,27)/t18-/m0/s1. The second-order valence-electron chi connectivity index (χ2n) is 6.61. The van der Waals surface area contributed by atoms with Crippen molar-refractivity contribution in [2.75, 3.05) is 17.2 Å². The summed E-state index contributed by atoms with van der Waals surface area (Å²) in [6.45, 7) is 3.86. The molecule has 0 saturated heterocycles. The first-order valence-electron chi connectivity index (χ1n) is 8.86. The molecule has 2 aromatic heterocycles. The highest BCUT2D eigenvalue weighted by atomic mass is 19.2. The molecule has 0 aliphatic heterocycles. The van der Waals surface area contributed by atoms with Gasteiger partial charge in [-0.2, -0.15) is 4.98 Å². The summed E-state index contributed by atoms with van der Waals surface area (Å²) in [6, 6.07) is 10.4. The highest BCUT2D eigenvalue weighted by Gasteiger charge is 2.15. The van der Waals surface area contributed by atoms with Gasteiger partial charge in [0.05, 0.1) is 24.0 Å². The fourth-order valence-electron chi connectivity index (χ4n) is 2.53. The monoisotopic (exact) mass is 385 g/mol. The SMILES string of the molecule is CC(C)[C@H](CO)Nc1nc(Nc2ccc(F)c(F)c2)cc(-c2ccccn2)n1. The number of nitrogens with one attached hydrogen (secondary N) is 2. The number of hydrogen-bond donors (Lipinski definition) is 3. The van der Waals surface area contributed by atoms with E-state index in [1.807, 2.05) is 19.9 Å². The van der Waals surface area contributed by atoms with Crippen molar-refractivity contribution in [3.05, 3.63) is 60.3 Å². The van der Waals surface area contributed by atoms with Crippen molar-refractivity contribution in [1.29, 1.82) is 0 Å². The predicted octanol–water partition coefficient (Wildman–Crippen LogP) is 3.99. The molecule has 146 valence electrons. The van der Waals surface area contributed by atoms with Crippen molar-refractivity contribution < 1.29 is 13.9 Å². The number of nitrogens with zero attached hydrogens (tertiary/aromatic N) is 3. The minimum atomic E-state index is -0.956. The van der Waals surface area contributed by atoms with E-state index in [1.54, 1.807) is 24.4 Å². The number of anilines is 3. The molecule has 0 radical (unpaired) electrons. The Morgan fingerprint density at radius 2 is 1.82 bits per heavy atom. The highest BCUT2D eigenvalue weighted by Crippen LogP contribution is 2.24.